The molecule has 1 rings (SSSR count). The van der Waals surface area contributed by atoms with Gasteiger partial charge < -0.3 is 0 Å². The fraction of sp³-hybridized carbons (Fsp3) is 0.636. The van der Waals surface area contributed by atoms with Gasteiger partial charge in [-0.2, -0.15) is 0 Å². The monoisotopic (exact) mass is 256 g/mol. The van der Waals surface area contributed by atoms with E-state index >= 15 is 0 Å². The standard InChI is InChI=1S/C11H20N4OS/c1-7(2)8(3)15(4)5-9-6-17-11(13-9)10(16)14-12/h6-8H,5,12H2,1-4H3,(H,14,16). The summed E-state index contributed by atoms with van der Waals surface area (Å²) in [6, 6.07) is 0.475. The van der Waals surface area contributed by atoms with E-state index in [0.717, 1.165) is 12.2 Å². The average molecular weight is 256 g/mol. The van der Waals surface area contributed by atoms with Crippen molar-refractivity contribution in [2.45, 2.75) is 33.4 Å². The Kier molecular flexibility index (Phi) is 5.04. The lowest BCUT2D eigenvalue weighted by molar-refractivity contribution is 0.0953. The van der Waals surface area contributed by atoms with Crippen LogP contribution in [0, 0.1) is 5.92 Å². The minimum absolute atomic E-state index is 0.333. The van der Waals surface area contributed by atoms with Crippen LogP contribution in [-0.2, 0) is 6.54 Å². The van der Waals surface area contributed by atoms with Gasteiger partial charge in [0.2, 0.25) is 0 Å². The molecule has 3 N–H and O–H groups in total. The molecule has 17 heavy (non-hydrogen) atoms. The Labute approximate surface area is 106 Å². The van der Waals surface area contributed by atoms with Gasteiger partial charge in [0.05, 0.1) is 5.69 Å². The van der Waals surface area contributed by atoms with Crippen LogP contribution < -0.4 is 11.3 Å². The van der Waals surface area contributed by atoms with E-state index < -0.39 is 0 Å². The number of thiazole rings is 1. The van der Waals surface area contributed by atoms with E-state index in [0.29, 0.717) is 17.0 Å². The zero-order valence-corrected chi connectivity index (χ0v) is 11.5. The first-order valence-electron chi connectivity index (χ1n) is 5.61. The van der Waals surface area contributed by atoms with Gasteiger partial charge in [0, 0.05) is 18.0 Å². The lowest BCUT2D eigenvalue weighted by Gasteiger charge is -2.26. The zero-order chi connectivity index (χ0) is 13.0. The number of carbonyl (C=O) groups excluding carboxylic acids is 1. The van der Waals surface area contributed by atoms with Crippen molar-refractivity contribution in [2.24, 2.45) is 11.8 Å². The number of carbonyl (C=O) groups is 1. The highest BCUT2D eigenvalue weighted by atomic mass is 32.1. The second-order valence-electron chi connectivity index (χ2n) is 4.52. The summed E-state index contributed by atoms with van der Waals surface area (Å²) in [5.74, 6) is 5.32. The van der Waals surface area contributed by atoms with E-state index in [1.54, 1.807) is 0 Å². The van der Waals surface area contributed by atoms with Gasteiger partial charge >= 0.3 is 0 Å². The van der Waals surface area contributed by atoms with Crippen LogP contribution in [0.25, 0.3) is 0 Å². The minimum Gasteiger partial charge on any atom is -0.298 e. The summed E-state index contributed by atoms with van der Waals surface area (Å²) < 4.78 is 0. The molecule has 1 aromatic heterocycles. The van der Waals surface area contributed by atoms with Crippen LogP contribution in [0.4, 0.5) is 0 Å². The number of aromatic nitrogens is 1. The highest BCUT2D eigenvalue weighted by Gasteiger charge is 2.15. The normalized spacial score (nSPS) is 13.1. The summed E-state index contributed by atoms with van der Waals surface area (Å²) in [5.41, 5.74) is 2.99. The molecule has 5 nitrogen and oxygen atoms in total. The number of nitrogens with two attached hydrogens (primary N) is 1. The maximum Gasteiger partial charge on any atom is 0.294 e. The predicted molar refractivity (Wildman–Crippen MR) is 69.5 cm³/mol. The van der Waals surface area contributed by atoms with Crippen molar-refractivity contribution in [3.05, 3.63) is 16.1 Å². The number of nitrogens with zero attached hydrogens (tertiary/aromatic N) is 2. The van der Waals surface area contributed by atoms with Gasteiger partial charge in [-0.25, -0.2) is 10.8 Å². The Balaban J connectivity index is 2.63. The number of nitrogen functional groups attached to an aromatic ring is 1. The number of hydrogen-bond acceptors (Lipinski definition) is 5. The molecule has 0 aromatic carbocycles. The molecule has 0 spiro atoms. The van der Waals surface area contributed by atoms with Crippen molar-refractivity contribution >= 4 is 17.2 Å². The Morgan fingerprint density at radius 1 is 1.59 bits per heavy atom. The van der Waals surface area contributed by atoms with E-state index in [1.165, 1.54) is 11.3 Å². The summed E-state index contributed by atoms with van der Waals surface area (Å²) in [7, 11) is 2.06. The van der Waals surface area contributed by atoms with E-state index in [4.69, 9.17) is 5.84 Å². The van der Waals surface area contributed by atoms with Crippen molar-refractivity contribution < 1.29 is 4.79 Å². The highest BCUT2D eigenvalue weighted by Crippen LogP contribution is 2.14. The van der Waals surface area contributed by atoms with Crippen LogP contribution in [0.15, 0.2) is 5.38 Å². The molecule has 0 bridgehead atoms. The lowest BCUT2D eigenvalue weighted by Crippen LogP contribution is -2.33. The summed E-state index contributed by atoms with van der Waals surface area (Å²) in [6.07, 6.45) is 0. The van der Waals surface area contributed by atoms with Crippen molar-refractivity contribution in [2.75, 3.05) is 7.05 Å². The first-order chi connectivity index (χ1) is 7.95. The molecule has 0 aliphatic rings. The topological polar surface area (TPSA) is 71.2 Å². The van der Waals surface area contributed by atoms with Gasteiger partial charge in [0.1, 0.15) is 0 Å². The molecule has 6 heteroatoms. The zero-order valence-electron chi connectivity index (χ0n) is 10.7. The number of hydrazine groups is 1. The molecule has 0 radical (unpaired) electrons. The molecule has 1 atom stereocenters. The third kappa shape index (κ3) is 3.76. The van der Waals surface area contributed by atoms with Gasteiger partial charge in [-0.1, -0.05) is 13.8 Å². The smallest absolute Gasteiger partial charge is 0.294 e. The molecule has 0 saturated heterocycles. The summed E-state index contributed by atoms with van der Waals surface area (Å²) in [4.78, 5) is 17.7. The van der Waals surface area contributed by atoms with Gasteiger partial charge in [-0.3, -0.25) is 15.1 Å². The second kappa shape index (κ2) is 6.09. The highest BCUT2D eigenvalue weighted by molar-refractivity contribution is 7.11. The van der Waals surface area contributed by atoms with Gasteiger partial charge in [-0.15, -0.1) is 11.3 Å². The molecule has 1 aromatic rings. The molecule has 1 heterocycles. The molecule has 96 valence electrons. The molecule has 0 saturated carbocycles. The Morgan fingerprint density at radius 2 is 2.24 bits per heavy atom. The summed E-state index contributed by atoms with van der Waals surface area (Å²) in [5, 5.41) is 2.31. The van der Waals surface area contributed by atoms with E-state index in [9.17, 15) is 4.79 Å². The van der Waals surface area contributed by atoms with Crippen LogP contribution in [0.3, 0.4) is 0 Å². The molecule has 0 fully saturated rings. The molecule has 1 amide bonds. The molecule has 1 unspecified atom stereocenters. The number of amides is 1. The number of rotatable bonds is 5. The van der Waals surface area contributed by atoms with Crippen molar-refractivity contribution in [1.82, 2.24) is 15.3 Å². The fourth-order valence-electron chi connectivity index (χ4n) is 1.45. The summed E-state index contributed by atoms with van der Waals surface area (Å²) in [6.45, 7) is 7.31. The first-order valence-corrected chi connectivity index (χ1v) is 6.49. The maximum absolute atomic E-state index is 11.3. The third-order valence-electron chi connectivity index (χ3n) is 2.95. The second-order valence-corrected chi connectivity index (χ2v) is 5.38. The molecular weight excluding hydrogens is 236 g/mol. The largest absolute Gasteiger partial charge is 0.298 e. The molecule has 0 aliphatic heterocycles. The third-order valence-corrected chi connectivity index (χ3v) is 3.84. The van der Waals surface area contributed by atoms with Crippen molar-refractivity contribution in [3.63, 3.8) is 0 Å². The maximum atomic E-state index is 11.3. The minimum atomic E-state index is -0.333. The quantitative estimate of drug-likeness (QED) is 0.472. The SMILES string of the molecule is CC(C)C(C)N(C)Cc1csc(C(=O)NN)n1. The number of nitrogens with one attached hydrogen (secondary N) is 1. The van der Waals surface area contributed by atoms with Gasteiger partial charge in [-0.05, 0) is 19.9 Å². The van der Waals surface area contributed by atoms with Crippen LogP contribution in [0.5, 0.6) is 0 Å². The Morgan fingerprint density at radius 3 is 2.76 bits per heavy atom. The van der Waals surface area contributed by atoms with Crippen LogP contribution in [0.1, 0.15) is 36.3 Å². The van der Waals surface area contributed by atoms with Gasteiger partial charge in [0.25, 0.3) is 5.91 Å². The number of hydrogen-bond donors (Lipinski definition) is 2. The molecular formula is C11H20N4OS. The van der Waals surface area contributed by atoms with Crippen LogP contribution in [-0.4, -0.2) is 28.9 Å². The molecule has 0 aliphatic carbocycles. The van der Waals surface area contributed by atoms with E-state index in [1.807, 2.05) is 5.38 Å². The average Bonchev–Trinajstić information content (AvgIpc) is 2.75. The Hall–Kier alpha value is -0.980. The van der Waals surface area contributed by atoms with E-state index in [2.05, 4.69) is 43.1 Å². The van der Waals surface area contributed by atoms with Crippen molar-refractivity contribution in [3.8, 4) is 0 Å². The van der Waals surface area contributed by atoms with Crippen LogP contribution >= 0.6 is 11.3 Å². The predicted octanol–water partition coefficient (Wildman–Crippen LogP) is 1.22. The van der Waals surface area contributed by atoms with Gasteiger partial charge in [0.15, 0.2) is 5.01 Å². The first kappa shape index (κ1) is 14.1. The summed E-state index contributed by atoms with van der Waals surface area (Å²) >= 11 is 1.31. The van der Waals surface area contributed by atoms with Crippen LogP contribution in [0.2, 0.25) is 0 Å². The Bertz CT molecular complexity index is 377. The lowest BCUT2D eigenvalue weighted by atomic mass is 10.1. The van der Waals surface area contributed by atoms with Crippen molar-refractivity contribution in [1.29, 1.82) is 0 Å². The fourth-order valence-corrected chi connectivity index (χ4v) is 2.16. The van der Waals surface area contributed by atoms with E-state index in [-0.39, 0.29) is 5.91 Å².